The second-order valence-corrected chi connectivity index (χ2v) is 6.50. The number of rotatable bonds is 7. The van der Waals surface area contributed by atoms with Crippen molar-refractivity contribution in [1.29, 1.82) is 0 Å². The van der Waals surface area contributed by atoms with Crippen molar-refractivity contribution in [3.05, 3.63) is 60.2 Å². The number of anilines is 5. The Hall–Kier alpha value is -4.29. The van der Waals surface area contributed by atoms with E-state index in [1.54, 1.807) is 19.1 Å². The Morgan fingerprint density at radius 2 is 1.79 bits per heavy atom. The largest absolute Gasteiger partial charge is 0.479 e. The van der Waals surface area contributed by atoms with Crippen LogP contribution in [0.5, 0.6) is 5.88 Å². The van der Waals surface area contributed by atoms with Crippen LogP contribution in [0.25, 0.3) is 0 Å². The zero-order valence-corrected chi connectivity index (χ0v) is 17.3. The molecule has 0 aliphatic carbocycles. The van der Waals surface area contributed by atoms with Crippen molar-refractivity contribution in [2.45, 2.75) is 13.1 Å². The van der Waals surface area contributed by atoms with Gasteiger partial charge in [-0.25, -0.2) is 9.97 Å². The van der Waals surface area contributed by atoms with Crippen LogP contribution in [-0.2, 0) is 11.0 Å². The van der Waals surface area contributed by atoms with E-state index in [1.807, 2.05) is 0 Å². The molecular weight excluding hydrogens is 446 g/mol. The number of alkyl halides is 3. The Balaban J connectivity index is 2.00. The minimum Gasteiger partial charge on any atom is -0.479 e. The number of carbonyl (C=O) groups excluding carboxylic acids is 1. The standard InChI is InChI=1S/C20H17F4N7O2/c1-4-15(32)27-14-7-10(2)5-6-13(14)28-16-11(20(22,23)24)8-25-18(29-16)31-19-26-9-12(21)17(30-19)33-3/h4-9H,1H2,2-3H3,(H,27,32)(H2,25,26,28,29,30,31). The zero-order valence-electron chi connectivity index (χ0n) is 17.3. The highest BCUT2D eigenvalue weighted by Crippen LogP contribution is 2.36. The summed E-state index contributed by atoms with van der Waals surface area (Å²) in [5.41, 5.74) is -0.0472. The van der Waals surface area contributed by atoms with Gasteiger partial charge in [-0.1, -0.05) is 12.6 Å². The van der Waals surface area contributed by atoms with Crippen LogP contribution in [0.15, 0.2) is 43.2 Å². The van der Waals surface area contributed by atoms with Crippen LogP contribution in [0.3, 0.4) is 0 Å². The van der Waals surface area contributed by atoms with E-state index in [1.165, 1.54) is 13.2 Å². The summed E-state index contributed by atoms with van der Waals surface area (Å²) in [6.45, 7) is 5.10. The molecule has 0 aliphatic rings. The van der Waals surface area contributed by atoms with Crippen LogP contribution < -0.4 is 20.7 Å². The number of aromatic nitrogens is 4. The summed E-state index contributed by atoms with van der Waals surface area (Å²) >= 11 is 0. The molecule has 0 spiro atoms. The van der Waals surface area contributed by atoms with Gasteiger partial charge in [-0.3, -0.25) is 10.1 Å². The predicted molar refractivity (Wildman–Crippen MR) is 112 cm³/mol. The van der Waals surface area contributed by atoms with Gasteiger partial charge in [0, 0.05) is 6.20 Å². The average Bonchev–Trinajstić information content (AvgIpc) is 2.76. The van der Waals surface area contributed by atoms with Crippen molar-refractivity contribution < 1.29 is 27.1 Å². The second kappa shape index (κ2) is 9.46. The summed E-state index contributed by atoms with van der Waals surface area (Å²) < 4.78 is 59.0. The Morgan fingerprint density at radius 3 is 2.45 bits per heavy atom. The number of nitrogens with one attached hydrogen (secondary N) is 3. The maximum Gasteiger partial charge on any atom is 0.421 e. The summed E-state index contributed by atoms with van der Waals surface area (Å²) in [7, 11) is 1.19. The average molecular weight is 463 g/mol. The SMILES string of the molecule is C=CC(=O)Nc1cc(C)ccc1Nc1nc(Nc2ncc(F)c(OC)n2)ncc1C(F)(F)F. The Bertz CT molecular complexity index is 1200. The molecule has 0 unspecified atom stereocenters. The number of amides is 1. The summed E-state index contributed by atoms with van der Waals surface area (Å²) in [4.78, 5) is 26.7. The molecule has 2 aromatic heterocycles. The molecule has 33 heavy (non-hydrogen) atoms. The number of aryl methyl sites for hydroxylation is 1. The first-order valence-electron chi connectivity index (χ1n) is 9.19. The number of carbonyl (C=O) groups is 1. The van der Waals surface area contributed by atoms with Crippen LogP contribution in [0, 0.1) is 12.7 Å². The predicted octanol–water partition coefficient (Wildman–Crippen LogP) is 4.35. The van der Waals surface area contributed by atoms with Crippen molar-refractivity contribution in [2.24, 2.45) is 0 Å². The highest BCUT2D eigenvalue weighted by Gasteiger charge is 2.35. The highest BCUT2D eigenvalue weighted by atomic mass is 19.4. The molecule has 0 atom stereocenters. The summed E-state index contributed by atoms with van der Waals surface area (Å²) in [5, 5.41) is 7.59. The quantitative estimate of drug-likeness (QED) is 0.350. The normalized spacial score (nSPS) is 11.0. The van der Waals surface area contributed by atoms with Gasteiger partial charge < -0.3 is 15.4 Å². The fourth-order valence-electron chi connectivity index (χ4n) is 2.58. The monoisotopic (exact) mass is 463 g/mol. The van der Waals surface area contributed by atoms with Crippen molar-refractivity contribution >= 4 is 35.0 Å². The molecule has 0 radical (unpaired) electrons. The molecule has 2 heterocycles. The van der Waals surface area contributed by atoms with E-state index in [2.05, 4.69) is 42.5 Å². The van der Waals surface area contributed by atoms with Crippen molar-refractivity contribution in [1.82, 2.24) is 19.9 Å². The van der Waals surface area contributed by atoms with Gasteiger partial charge in [0.25, 0.3) is 5.88 Å². The molecule has 13 heteroatoms. The summed E-state index contributed by atoms with van der Waals surface area (Å²) in [6, 6.07) is 4.69. The molecule has 9 nitrogen and oxygen atoms in total. The van der Waals surface area contributed by atoms with Crippen LogP contribution in [0.4, 0.5) is 46.7 Å². The van der Waals surface area contributed by atoms with Crippen molar-refractivity contribution in [2.75, 3.05) is 23.1 Å². The van der Waals surface area contributed by atoms with E-state index >= 15 is 0 Å². The van der Waals surface area contributed by atoms with Crippen LogP contribution in [-0.4, -0.2) is 33.0 Å². The Labute approximate surface area is 185 Å². The number of nitrogens with zero attached hydrogens (tertiary/aromatic N) is 4. The lowest BCUT2D eigenvalue weighted by atomic mass is 10.1. The van der Waals surface area contributed by atoms with Gasteiger partial charge in [0.1, 0.15) is 11.4 Å². The van der Waals surface area contributed by atoms with E-state index in [-0.39, 0.29) is 29.2 Å². The van der Waals surface area contributed by atoms with Crippen molar-refractivity contribution in [3.8, 4) is 5.88 Å². The lowest BCUT2D eigenvalue weighted by molar-refractivity contribution is -0.137. The number of halogens is 4. The molecule has 0 bridgehead atoms. The number of hydrogen-bond donors (Lipinski definition) is 3. The van der Waals surface area contributed by atoms with E-state index in [4.69, 9.17) is 4.74 Å². The van der Waals surface area contributed by atoms with E-state index in [0.29, 0.717) is 6.20 Å². The smallest absolute Gasteiger partial charge is 0.421 e. The van der Waals surface area contributed by atoms with Gasteiger partial charge in [0.15, 0.2) is 0 Å². The molecule has 1 amide bonds. The Kier molecular flexibility index (Phi) is 6.70. The summed E-state index contributed by atoms with van der Waals surface area (Å²) in [5.74, 6) is -2.86. The van der Waals surface area contributed by atoms with E-state index in [9.17, 15) is 22.4 Å². The lowest BCUT2D eigenvalue weighted by Gasteiger charge is -2.17. The third kappa shape index (κ3) is 5.70. The van der Waals surface area contributed by atoms with E-state index in [0.717, 1.165) is 17.8 Å². The number of methoxy groups -OCH3 is 1. The molecule has 3 aromatic rings. The molecule has 0 fully saturated rings. The molecule has 172 valence electrons. The molecule has 3 N–H and O–H groups in total. The summed E-state index contributed by atoms with van der Waals surface area (Å²) in [6.07, 6.45) is -2.38. The minimum atomic E-state index is -4.79. The number of benzene rings is 1. The van der Waals surface area contributed by atoms with E-state index < -0.39 is 29.3 Å². The zero-order chi connectivity index (χ0) is 24.2. The number of ether oxygens (including phenoxy) is 1. The molecule has 0 saturated heterocycles. The molecule has 0 aliphatic heterocycles. The third-order valence-electron chi connectivity index (χ3n) is 4.09. The fourth-order valence-corrected chi connectivity index (χ4v) is 2.58. The first-order valence-corrected chi connectivity index (χ1v) is 9.19. The number of hydrogen-bond acceptors (Lipinski definition) is 8. The first-order chi connectivity index (χ1) is 15.6. The van der Waals surface area contributed by atoms with Crippen molar-refractivity contribution in [3.63, 3.8) is 0 Å². The lowest BCUT2D eigenvalue weighted by Crippen LogP contribution is -2.14. The molecule has 0 saturated carbocycles. The van der Waals surface area contributed by atoms with Gasteiger partial charge >= 0.3 is 6.18 Å². The minimum absolute atomic E-state index is 0.144. The van der Waals surface area contributed by atoms with Crippen LogP contribution >= 0.6 is 0 Å². The van der Waals surface area contributed by atoms with Crippen LogP contribution in [0.2, 0.25) is 0 Å². The Morgan fingerprint density at radius 1 is 1.09 bits per heavy atom. The topological polar surface area (TPSA) is 114 Å². The maximum atomic E-state index is 13.6. The van der Waals surface area contributed by atoms with Crippen LogP contribution in [0.1, 0.15) is 11.1 Å². The van der Waals surface area contributed by atoms with Gasteiger partial charge in [0.05, 0.1) is 24.7 Å². The van der Waals surface area contributed by atoms with Gasteiger partial charge in [-0.05, 0) is 30.7 Å². The molecule has 1 aromatic carbocycles. The van der Waals surface area contributed by atoms with Gasteiger partial charge in [0.2, 0.25) is 23.6 Å². The molecular formula is C20H17F4N7O2. The van der Waals surface area contributed by atoms with Gasteiger partial charge in [-0.15, -0.1) is 0 Å². The first kappa shape index (κ1) is 23.4. The third-order valence-corrected chi connectivity index (χ3v) is 4.09. The highest BCUT2D eigenvalue weighted by molar-refractivity contribution is 6.01. The van der Waals surface area contributed by atoms with Gasteiger partial charge in [-0.2, -0.15) is 27.5 Å². The fraction of sp³-hybridized carbons (Fsp3) is 0.150. The second-order valence-electron chi connectivity index (χ2n) is 6.50. The maximum absolute atomic E-state index is 13.6. The molecule has 3 rings (SSSR count).